The third kappa shape index (κ3) is 2.42. The van der Waals surface area contributed by atoms with E-state index in [4.69, 9.17) is 5.73 Å². The summed E-state index contributed by atoms with van der Waals surface area (Å²) in [6.45, 7) is 1.86. The zero-order valence-corrected chi connectivity index (χ0v) is 11.7. The molecule has 0 saturated carbocycles. The summed E-state index contributed by atoms with van der Waals surface area (Å²) in [6, 6.07) is 6.89. The highest BCUT2D eigenvalue weighted by Gasteiger charge is 2.38. The summed E-state index contributed by atoms with van der Waals surface area (Å²) in [4.78, 5) is 38.1. The molecule has 6 nitrogen and oxygen atoms in total. The molecule has 110 valence electrons. The van der Waals surface area contributed by atoms with Crippen LogP contribution in [0.3, 0.4) is 0 Å². The molecule has 0 radical (unpaired) electrons. The second-order valence-electron chi connectivity index (χ2n) is 5.67. The van der Waals surface area contributed by atoms with E-state index in [2.05, 4.69) is 0 Å². The van der Waals surface area contributed by atoms with Gasteiger partial charge in [-0.2, -0.15) is 0 Å². The molecule has 2 aliphatic heterocycles. The maximum absolute atomic E-state index is 12.3. The quantitative estimate of drug-likeness (QED) is 0.701. The number of nitrogens with one attached hydrogen (secondary N) is 1. The first-order valence-electron chi connectivity index (χ1n) is 7.16. The summed E-state index contributed by atoms with van der Waals surface area (Å²) in [7, 11) is 0. The molecule has 1 saturated heterocycles. The van der Waals surface area contributed by atoms with Crippen LogP contribution in [0.25, 0.3) is 0 Å². The van der Waals surface area contributed by atoms with Crippen molar-refractivity contribution in [1.82, 2.24) is 4.90 Å². The van der Waals surface area contributed by atoms with E-state index in [1.807, 2.05) is 0 Å². The molecule has 3 rings (SSSR count). The number of primary amides is 1. The topological polar surface area (TPSA) is 84.9 Å². The van der Waals surface area contributed by atoms with Crippen molar-refractivity contribution in [3.05, 3.63) is 35.4 Å². The number of amides is 3. The Balaban J connectivity index is 1.67. The normalized spacial score (nSPS) is 25.0. The highest BCUT2D eigenvalue weighted by molar-refractivity contribution is 6.21. The lowest BCUT2D eigenvalue weighted by Gasteiger charge is -2.29. The van der Waals surface area contributed by atoms with Gasteiger partial charge in [-0.3, -0.25) is 14.4 Å². The average Bonchev–Trinajstić information content (AvgIpc) is 2.73. The van der Waals surface area contributed by atoms with Gasteiger partial charge in [0.2, 0.25) is 5.91 Å². The van der Waals surface area contributed by atoms with Crippen molar-refractivity contribution in [3.8, 4) is 0 Å². The number of quaternary nitrogens is 1. The van der Waals surface area contributed by atoms with E-state index in [1.165, 1.54) is 4.90 Å². The van der Waals surface area contributed by atoms with Gasteiger partial charge < -0.3 is 10.6 Å². The summed E-state index contributed by atoms with van der Waals surface area (Å²) in [6.07, 6.45) is 1.43. The molecule has 3 N–H and O–H groups in total. The molecule has 0 atom stereocenters. The first-order valence-corrected chi connectivity index (χ1v) is 7.16. The minimum atomic E-state index is -0.255. The maximum atomic E-state index is 12.3. The van der Waals surface area contributed by atoms with E-state index in [1.54, 1.807) is 24.3 Å². The standard InChI is InChI=1S/C15H17N3O3/c16-13(19)10-5-7-17(8-6-10)9-18-14(20)11-3-1-2-4-12(11)15(18)21/h1-4,10H,5-9H2,(H2,16,19)/p+1. The lowest BCUT2D eigenvalue weighted by atomic mass is 9.97. The molecule has 0 spiro atoms. The van der Waals surface area contributed by atoms with Crippen LogP contribution in [-0.2, 0) is 4.79 Å². The molecule has 2 aliphatic rings. The third-order valence-corrected chi connectivity index (χ3v) is 4.35. The average molecular weight is 288 g/mol. The van der Waals surface area contributed by atoms with Crippen LogP contribution in [0.2, 0.25) is 0 Å². The van der Waals surface area contributed by atoms with Crippen LogP contribution in [0.5, 0.6) is 0 Å². The zero-order valence-electron chi connectivity index (χ0n) is 11.7. The number of hydrogen-bond acceptors (Lipinski definition) is 3. The molecule has 0 unspecified atom stereocenters. The van der Waals surface area contributed by atoms with Gasteiger partial charge in [-0.1, -0.05) is 12.1 Å². The predicted octanol–water partition coefficient (Wildman–Crippen LogP) is -0.980. The van der Waals surface area contributed by atoms with E-state index in [-0.39, 0.29) is 23.6 Å². The SMILES string of the molecule is NC(=O)C1CC[NH+](CN2C(=O)c3ccccc3C2=O)CC1. The Bertz CT molecular complexity index is 571. The van der Waals surface area contributed by atoms with Gasteiger partial charge in [0.25, 0.3) is 11.8 Å². The molecule has 21 heavy (non-hydrogen) atoms. The lowest BCUT2D eigenvalue weighted by Crippen LogP contribution is -3.14. The van der Waals surface area contributed by atoms with Crippen molar-refractivity contribution < 1.29 is 19.3 Å². The van der Waals surface area contributed by atoms with Gasteiger partial charge in [-0.05, 0) is 12.1 Å². The lowest BCUT2D eigenvalue weighted by molar-refractivity contribution is -0.912. The predicted molar refractivity (Wildman–Crippen MR) is 74.4 cm³/mol. The second-order valence-corrected chi connectivity index (χ2v) is 5.67. The van der Waals surface area contributed by atoms with Gasteiger partial charge >= 0.3 is 0 Å². The van der Waals surface area contributed by atoms with E-state index >= 15 is 0 Å². The van der Waals surface area contributed by atoms with Crippen molar-refractivity contribution in [2.24, 2.45) is 11.7 Å². The monoisotopic (exact) mass is 288 g/mol. The van der Waals surface area contributed by atoms with Crippen molar-refractivity contribution >= 4 is 17.7 Å². The first kappa shape index (κ1) is 13.8. The van der Waals surface area contributed by atoms with Crippen LogP contribution < -0.4 is 10.6 Å². The van der Waals surface area contributed by atoms with Crippen LogP contribution in [0.4, 0.5) is 0 Å². The Hall–Kier alpha value is -2.21. The Morgan fingerprint density at radius 2 is 1.67 bits per heavy atom. The number of carbonyl (C=O) groups excluding carboxylic acids is 3. The number of hydrogen-bond donors (Lipinski definition) is 2. The Kier molecular flexibility index (Phi) is 3.47. The first-order chi connectivity index (χ1) is 10.1. The molecule has 1 aromatic rings. The molecule has 2 heterocycles. The third-order valence-electron chi connectivity index (χ3n) is 4.35. The molecular weight excluding hydrogens is 270 g/mol. The van der Waals surface area contributed by atoms with Crippen LogP contribution in [-0.4, -0.2) is 42.4 Å². The molecule has 0 aliphatic carbocycles. The maximum Gasteiger partial charge on any atom is 0.265 e. The van der Waals surface area contributed by atoms with Crippen LogP contribution in [0.1, 0.15) is 33.6 Å². The summed E-state index contributed by atoms with van der Waals surface area (Å²) >= 11 is 0. The second kappa shape index (κ2) is 5.29. The van der Waals surface area contributed by atoms with E-state index < -0.39 is 0 Å². The van der Waals surface area contributed by atoms with Gasteiger partial charge in [0.1, 0.15) is 0 Å². The fourth-order valence-electron chi connectivity index (χ4n) is 3.08. The van der Waals surface area contributed by atoms with Crippen LogP contribution in [0, 0.1) is 5.92 Å². The number of nitrogens with zero attached hydrogens (tertiary/aromatic N) is 1. The Labute approximate surface area is 122 Å². The molecule has 6 heteroatoms. The Morgan fingerprint density at radius 3 is 2.14 bits per heavy atom. The number of fused-ring (bicyclic) bond motifs is 1. The van der Waals surface area contributed by atoms with Crippen molar-refractivity contribution in [1.29, 1.82) is 0 Å². The van der Waals surface area contributed by atoms with Gasteiger partial charge in [-0.25, -0.2) is 4.90 Å². The minimum absolute atomic E-state index is 0.0732. The van der Waals surface area contributed by atoms with E-state index in [9.17, 15) is 14.4 Å². The molecular formula is C15H18N3O3+. The molecule has 1 fully saturated rings. The van der Waals surface area contributed by atoms with Crippen LogP contribution >= 0.6 is 0 Å². The summed E-state index contributed by atoms with van der Waals surface area (Å²) in [5.74, 6) is -0.772. The summed E-state index contributed by atoms with van der Waals surface area (Å²) in [5, 5.41) is 0. The number of nitrogens with two attached hydrogens (primary N) is 1. The number of benzene rings is 1. The van der Waals surface area contributed by atoms with Crippen molar-refractivity contribution in [2.75, 3.05) is 19.8 Å². The fourth-order valence-corrected chi connectivity index (χ4v) is 3.08. The smallest absolute Gasteiger partial charge is 0.265 e. The number of piperidine rings is 1. The summed E-state index contributed by atoms with van der Waals surface area (Å²) in [5.41, 5.74) is 6.27. The molecule has 3 amide bonds. The molecule has 1 aromatic carbocycles. The van der Waals surface area contributed by atoms with Gasteiger partial charge in [0.15, 0.2) is 6.67 Å². The van der Waals surface area contributed by atoms with Gasteiger partial charge in [-0.15, -0.1) is 0 Å². The van der Waals surface area contributed by atoms with Gasteiger partial charge in [0, 0.05) is 18.8 Å². The summed E-state index contributed by atoms with van der Waals surface area (Å²) < 4.78 is 0. The number of rotatable bonds is 3. The molecule has 0 bridgehead atoms. The van der Waals surface area contributed by atoms with Gasteiger partial charge in [0.05, 0.1) is 24.2 Å². The van der Waals surface area contributed by atoms with Crippen molar-refractivity contribution in [2.45, 2.75) is 12.8 Å². The number of imide groups is 1. The molecule has 0 aromatic heterocycles. The highest BCUT2D eigenvalue weighted by atomic mass is 16.2. The number of likely N-dealkylation sites (tertiary alicyclic amines) is 1. The number of carbonyl (C=O) groups is 3. The minimum Gasteiger partial charge on any atom is -0.369 e. The van der Waals surface area contributed by atoms with E-state index in [0.717, 1.165) is 18.0 Å². The Morgan fingerprint density at radius 1 is 1.14 bits per heavy atom. The van der Waals surface area contributed by atoms with E-state index in [0.29, 0.717) is 30.6 Å². The highest BCUT2D eigenvalue weighted by Crippen LogP contribution is 2.21. The zero-order chi connectivity index (χ0) is 15.0. The van der Waals surface area contributed by atoms with Crippen LogP contribution in [0.15, 0.2) is 24.3 Å². The largest absolute Gasteiger partial charge is 0.369 e. The van der Waals surface area contributed by atoms with Crippen molar-refractivity contribution in [3.63, 3.8) is 0 Å². The fraction of sp³-hybridized carbons (Fsp3) is 0.400.